The summed E-state index contributed by atoms with van der Waals surface area (Å²) in [6.45, 7) is 7.65. The standard InChI is InChI=1S/C20H28N4/c1-14(2)20-22-21-15(3)24(20)19-11-17-9-10-18(12-19)23(17)13-16-7-5-4-6-8-16/h4-8,14,17-19H,9-13H2,1-3H3/t17-,18-/m0/s1. The average Bonchev–Trinajstić information content (AvgIpc) is 3.05. The van der Waals surface area contributed by atoms with Crippen LogP contribution in [-0.2, 0) is 6.54 Å². The molecule has 4 nitrogen and oxygen atoms in total. The van der Waals surface area contributed by atoms with Crippen LogP contribution in [0.3, 0.4) is 0 Å². The first-order valence-electron chi connectivity index (χ1n) is 9.34. The largest absolute Gasteiger partial charge is 0.312 e. The Morgan fingerprint density at radius 1 is 1.00 bits per heavy atom. The maximum atomic E-state index is 4.45. The molecule has 3 heterocycles. The highest BCUT2D eigenvalue weighted by molar-refractivity contribution is 5.16. The molecule has 0 saturated carbocycles. The van der Waals surface area contributed by atoms with E-state index in [1.807, 2.05) is 0 Å². The predicted molar refractivity (Wildman–Crippen MR) is 95.9 cm³/mol. The van der Waals surface area contributed by atoms with Gasteiger partial charge in [0.2, 0.25) is 0 Å². The van der Waals surface area contributed by atoms with Crippen LogP contribution in [0, 0.1) is 6.92 Å². The van der Waals surface area contributed by atoms with Gasteiger partial charge in [-0.2, -0.15) is 0 Å². The quantitative estimate of drug-likeness (QED) is 0.850. The molecule has 128 valence electrons. The Morgan fingerprint density at radius 3 is 2.29 bits per heavy atom. The number of nitrogens with zero attached hydrogens (tertiary/aromatic N) is 4. The van der Waals surface area contributed by atoms with E-state index < -0.39 is 0 Å². The van der Waals surface area contributed by atoms with Gasteiger partial charge in [0.05, 0.1) is 0 Å². The van der Waals surface area contributed by atoms with Crippen LogP contribution >= 0.6 is 0 Å². The van der Waals surface area contributed by atoms with E-state index in [4.69, 9.17) is 0 Å². The summed E-state index contributed by atoms with van der Waals surface area (Å²) in [7, 11) is 0. The molecular formula is C20H28N4. The van der Waals surface area contributed by atoms with E-state index in [2.05, 4.69) is 70.8 Å². The first kappa shape index (κ1) is 15.8. The van der Waals surface area contributed by atoms with Crippen molar-refractivity contribution in [2.75, 3.05) is 0 Å². The molecule has 4 heteroatoms. The van der Waals surface area contributed by atoms with Gasteiger partial charge in [-0.15, -0.1) is 10.2 Å². The maximum absolute atomic E-state index is 4.45. The fourth-order valence-electron chi connectivity index (χ4n) is 4.74. The maximum Gasteiger partial charge on any atom is 0.135 e. The molecule has 1 aromatic heterocycles. The number of piperidine rings is 1. The zero-order valence-electron chi connectivity index (χ0n) is 15.0. The lowest BCUT2D eigenvalue weighted by atomic mass is 9.95. The third-order valence-corrected chi connectivity index (χ3v) is 5.84. The monoisotopic (exact) mass is 324 g/mol. The van der Waals surface area contributed by atoms with Crippen molar-refractivity contribution in [3.63, 3.8) is 0 Å². The lowest BCUT2D eigenvalue weighted by Gasteiger charge is -2.40. The van der Waals surface area contributed by atoms with Crippen molar-refractivity contribution < 1.29 is 0 Å². The van der Waals surface area contributed by atoms with Crippen molar-refractivity contribution in [2.45, 2.75) is 77.0 Å². The summed E-state index contributed by atoms with van der Waals surface area (Å²) in [5, 5.41) is 8.82. The summed E-state index contributed by atoms with van der Waals surface area (Å²) < 4.78 is 2.44. The highest BCUT2D eigenvalue weighted by atomic mass is 15.3. The van der Waals surface area contributed by atoms with Gasteiger partial charge in [-0.1, -0.05) is 44.2 Å². The van der Waals surface area contributed by atoms with Gasteiger partial charge < -0.3 is 4.57 Å². The summed E-state index contributed by atoms with van der Waals surface area (Å²) in [6, 6.07) is 12.9. The molecule has 4 rings (SSSR count). The highest BCUT2D eigenvalue weighted by Gasteiger charge is 2.42. The molecule has 0 amide bonds. The number of benzene rings is 1. The minimum atomic E-state index is 0.436. The van der Waals surface area contributed by atoms with E-state index in [1.54, 1.807) is 0 Å². The number of aryl methyl sites for hydroxylation is 1. The minimum Gasteiger partial charge on any atom is -0.312 e. The number of hydrogen-bond donors (Lipinski definition) is 0. The van der Waals surface area contributed by atoms with Gasteiger partial charge >= 0.3 is 0 Å². The van der Waals surface area contributed by atoms with Crippen LogP contribution in [-0.4, -0.2) is 31.7 Å². The number of aromatic nitrogens is 3. The van der Waals surface area contributed by atoms with Crippen molar-refractivity contribution >= 4 is 0 Å². The van der Waals surface area contributed by atoms with E-state index >= 15 is 0 Å². The molecule has 2 fully saturated rings. The van der Waals surface area contributed by atoms with Gasteiger partial charge in [-0.3, -0.25) is 4.90 Å². The highest BCUT2D eigenvalue weighted by Crippen LogP contribution is 2.42. The molecule has 0 unspecified atom stereocenters. The van der Waals surface area contributed by atoms with Crippen LogP contribution in [0.25, 0.3) is 0 Å². The Morgan fingerprint density at radius 2 is 1.67 bits per heavy atom. The smallest absolute Gasteiger partial charge is 0.135 e. The summed E-state index contributed by atoms with van der Waals surface area (Å²) in [6.07, 6.45) is 5.15. The number of rotatable bonds is 4. The van der Waals surface area contributed by atoms with E-state index in [-0.39, 0.29) is 0 Å². The summed E-state index contributed by atoms with van der Waals surface area (Å²) in [5.41, 5.74) is 1.44. The molecule has 2 aliphatic heterocycles. The third-order valence-electron chi connectivity index (χ3n) is 5.84. The van der Waals surface area contributed by atoms with Gasteiger partial charge in [-0.25, -0.2) is 0 Å². The third kappa shape index (κ3) is 2.77. The zero-order valence-corrected chi connectivity index (χ0v) is 15.0. The molecule has 2 saturated heterocycles. The van der Waals surface area contributed by atoms with Crippen LogP contribution in [0.2, 0.25) is 0 Å². The predicted octanol–water partition coefficient (Wildman–Crippen LogP) is 4.08. The second-order valence-corrected chi connectivity index (χ2v) is 7.80. The topological polar surface area (TPSA) is 34.0 Å². The first-order chi connectivity index (χ1) is 11.6. The minimum absolute atomic E-state index is 0.436. The Balaban J connectivity index is 1.54. The molecule has 24 heavy (non-hydrogen) atoms. The molecule has 0 spiro atoms. The summed E-state index contributed by atoms with van der Waals surface area (Å²) >= 11 is 0. The van der Waals surface area contributed by atoms with Crippen LogP contribution in [0.5, 0.6) is 0 Å². The molecule has 2 bridgehead atoms. The Bertz CT molecular complexity index is 677. The van der Waals surface area contributed by atoms with Gasteiger partial charge in [0, 0.05) is 30.6 Å². The second-order valence-electron chi connectivity index (χ2n) is 7.80. The molecule has 0 aliphatic carbocycles. The molecule has 0 radical (unpaired) electrons. The Kier molecular flexibility index (Phi) is 4.17. The fraction of sp³-hybridized carbons (Fsp3) is 0.600. The average molecular weight is 324 g/mol. The Hall–Kier alpha value is -1.68. The van der Waals surface area contributed by atoms with Crippen molar-refractivity contribution in [3.8, 4) is 0 Å². The SMILES string of the molecule is Cc1nnc(C(C)C)n1C1C[C@@H]2CC[C@@H](C1)N2Cc1ccccc1. The zero-order chi connectivity index (χ0) is 16.7. The Labute approximate surface area is 144 Å². The van der Waals surface area contributed by atoms with Gasteiger partial charge in [-0.05, 0) is 38.2 Å². The second kappa shape index (κ2) is 6.32. The van der Waals surface area contributed by atoms with Gasteiger partial charge in [0.15, 0.2) is 0 Å². The molecule has 2 aliphatic rings. The van der Waals surface area contributed by atoms with Crippen LogP contribution < -0.4 is 0 Å². The molecule has 2 atom stereocenters. The summed E-state index contributed by atoms with van der Waals surface area (Å²) in [4.78, 5) is 2.75. The lowest BCUT2D eigenvalue weighted by Crippen LogP contribution is -2.43. The van der Waals surface area contributed by atoms with Crippen LogP contribution in [0.1, 0.15) is 68.7 Å². The summed E-state index contributed by atoms with van der Waals surface area (Å²) in [5.74, 6) is 2.68. The van der Waals surface area contributed by atoms with E-state index in [0.29, 0.717) is 24.0 Å². The van der Waals surface area contributed by atoms with Gasteiger partial charge in [0.25, 0.3) is 0 Å². The van der Waals surface area contributed by atoms with Crippen molar-refractivity contribution in [3.05, 3.63) is 47.5 Å². The molecule has 1 aromatic carbocycles. The molecule has 2 aromatic rings. The first-order valence-corrected chi connectivity index (χ1v) is 9.34. The van der Waals surface area contributed by atoms with Crippen molar-refractivity contribution in [1.82, 2.24) is 19.7 Å². The lowest BCUT2D eigenvalue weighted by molar-refractivity contribution is 0.0973. The van der Waals surface area contributed by atoms with Crippen molar-refractivity contribution in [1.29, 1.82) is 0 Å². The normalized spacial score (nSPS) is 27.1. The number of fused-ring (bicyclic) bond motifs is 2. The van der Waals surface area contributed by atoms with E-state index in [9.17, 15) is 0 Å². The van der Waals surface area contributed by atoms with E-state index in [1.165, 1.54) is 31.2 Å². The van der Waals surface area contributed by atoms with Gasteiger partial charge in [0.1, 0.15) is 11.6 Å². The fourth-order valence-corrected chi connectivity index (χ4v) is 4.74. The molecular weight excluding hydrogens is 296 g/mol. The van der Waals surface area contributed by atoms with E-state index in [0.717, 1.165) is 18.2 Å². The number of hydrogen-bond acceptors (Lipinski definition) is 3. The van der Waals surface area contributed by atoms with Crippen LogP contribution in [0.4, 0.5) is 0 Å². The van der Waals surface area contributed by atoms with Crippen LogP contribution in [0.15, 0.2) is 30.3 Å². The molecule has 0 N–H and O–H groups in total. The van der Waals surface area contributed by atoms with Crippen molar-refractivity contribution in [2.24, 2.45) is 0 Å².